The van der Waals surface area contributed by atoms with E-state index in [4.69, 9.17) is 30.5 Å². The zero-order chi connectivity index (χ0) is 24.4. The minimum Gasteiger partial charge on any atom is -0.507 e. The van der Waals surface area contributed by atoms with Crippen LogP contribution in [-0.4, -0.2) is 62.3 Å². The summed E-state index contributed by atoms with van der Waals surface area (Å²) >= 11 is 6.21. The van der Waals surface area contributed by atoms with Crippen molar-refractivity contribution in [1.82, 2.24) is 4.90 Å². The maximum atomic E-state index is 13.3. The smallest absolute Gasteiger partial charge is 0.295 e. The van der Waals surface area contributed by atoms with Gasteiger partial charge in [-0.15, -0.1) is 0 Å². The number of hydrogen-bond acceptors (Lipinski definition) is 7. The van der Waals surface area contributed by atoms with E-state index in [0.29, 0.717) is 23.7 Å². The summed E-state index contributed by atoms with van der Waals surface area (Å²) in [5.41, 5.74) is 0.799. The first-order valence-corrected chi connectivity index (χ1v) is 11.2. The summed E-state index contributed by atoms with van der Waals surface area (Å²) < 4.78 is 21.6. The summed E-state index contributed by atoms with van der Waals surface area (Å²) in [6.45, 7) is 0.850. The highest BCUT2D eigenvalue weighted by atomic mass is 35.5. The van der Waals surface area contributed by atoms with E-state index in [1.807, 2.05) is 0 Å². The lowest BCUT2D eigenvalue weighted by Crippen LogP contribution is -2.36. The molecule has 1 amide bonds. The quantitative estimate of drug-likeness (QED) is 0.359. The van der Waals surface area contributed by atoms with Gasteiger partial charge in [-0.1, -0.05) is 23.7 Å². The maximum absolute atomic E-state index is 13.3. The number of nitrogens with zero attached hydrogens (tertiary/aromatic N) is 1. The first kappa shape index (κ1) is 23.9. The van der Waals surface area contributed by atoms with Gasteiger partial charge in [0.25, 0.3) is 11.7 Å². The molecular weight excluding hydrogens is 462 g/mol. The molecule has 1 N–H and O–H groups in total. The van der Waals surface area contributed by atoms with Gasteiger partial charge in [0.1, 0.15) is 23.0 Å². The van der Waals surface area contributed by atoms with Crippen molar-refractivity contribution in [3.63, 3.8) is 0 Å². The average molecular weight is 488 g/mol. The van der Waals surface area contributed by atoms with Gasteiger partial charge >= 0.3 is 0 Å². The number of carbonyl (C=O) groups excluding carboxylic acids is 2. The van der Waals surface area contributed by atoms with Gasteiger partial charge in [0.05, 0.1) is 49.6 Å². The van der Waals surface area contributed by atoms with Gasteiger partial charge in [-0.3, -0.25) is 9.59 Å². The third-order valence-electron chi connectivity index (χ3n) is 6.12. The number of amides is 1. The first-order valence-electron chi connectivity index (χ1n) is 10.9. The summed E-state index contributed by atoms with van der Waals surface area (Å²) in [6.07, 6.45) is 1.51. The van der Waals surface area contributed by atoms with Crippen LogP contribution < -0.4 is 14.2 Å². The zero-order valence-corrected chi connectivity index (χ0v) is 19.9. The highest BCUT2D eigenvalue weighted by Crippen LogP contribution is 2.43. The highest BCUT2D eigenvalue weighted by Gasteiger charge is 2.47. The number of hydrogen-bond donors (Lipinski definition) is 1. The molecule has 2 aliphatic heterocycles. The molecule has 2 aliphatic rings. The standard InChI is InChI=1S/C25H26ClNO7/c1-31-15-8-6-14(7-9-15)22-21(24(29)25(30)27(22)13-16-5-4-10-34-16)23(28)17-11-20(33-3)18(26)12-19(17)32-2/h6-9,11-12,16,22,28H,4-5,10,13H2,1-3H3/b23-21+. The van der Waals surface area contributed by atoms with Gasteiger partial charge in [-0.25, -0.2) is 0 Å². The second-order valence-corrected chi connectivity index (χ2v) is 8.45. The fraction of sp³-hybridized carbons (Fsp3) is 0.360. The van der Waals surface area contributed by atoms with E-state index in [2.05, 4.69) is 0 Å². The maximum Gasteiger partial charge on any atom is 0.295 e. The predicted molar refractivity (Wildman–Crippen MR) is 126 cm³/mol. The molecule has 2 atom stereocenters. The number of methoxy groups -OCH3 is 3. The summed E-state index contributed by atoms with van der Waals surface area (Å²) in [5, 5.41) is 11.7. The van der Waals surface area contributed by atoms with E-state index in [-0.39, 0.29) is 40.3 Å². The van der Waals surface area contributed by atoms with E-state index in [1.54, 1.807) is 31.4 Å². The molecule has 180 valence electrons. The van der Waals surface area contributed by atoms with E-state index in [1.165, 1.54) is 31.3 Å². The third-order valence-corrected chi connectivity index (χ3v) is 6.42. The van der Waals surface area contributed by atoms with Crippen molar-refractivity contribution in [1.29, 1.82) is 0 Å². The van der Waals surface area contributed by atoms with Crippen molar-refractivity contribution < 1.29 is 33.6 Å². The Morgan fingerprint density at radius 3 is 2.38 bits per heavy atom. The van der Waals surface area contributed by atoms with Gasteiger partial charge in [0.2, 0.25) is 0 Å². The number of halogens is 1. The van der Waals surface area contributed by atoms with Crippen LogP contribution in [0.3, 0.4) is 0 Å². The summed E-state index contributed by atoms with van der Waals surface area (Å²) in [4.78, 5) is 27.9. The molecule has 0 radical (unpaired) electrons. The van der Waals surface area contributed by atoms with E-state index in [0.717, 1.165) is 12.8 Å². The molecule has 4 rings (SSSR count). The van der Waals surface area contributed by atoms with Gasteiger partial charge < -0.3 is 29.0 Å². The predicted octanol–water partition coefficient (Wildman–Crippen LogP) is 3.97. The zero-order valence-electron chi connectivity index (χ0n) is 19.2. The van der Waals surface area contributed by atoms with Crippen LogP contribution in [-0.2, 0) is 14.3 Å². The molecule has 34 heavy (non-hydrogen) atoms. The number of aliphatic hydroxyl groups excluding tert-OH is 1. The Morgan fingerprint density at radius 1 is 1.09 bits per heavy atom. The molecule has 2 heterocycles. The van der Waals surface area contributed by atoms with Gasteiger partial charge in [-0.2, -0.15) is 0 Å². The van der Waals surface area contributed by atoms with Crippen LogP contribution in [0.5, 0.6) is 17.2 Å². The molecule has 0 aliphatic carbocycles. The van der Waals surface area contributed by atoms with Crippen LogP contribution in [0.1, 0.15) is 30.0 Å². The topological polar surface area (TPSA) is 94.5 Å². The number of Topliss-reactive ketones (excluding diaryl/α,β-unsaturated/α-hetero) is 1. The first-order chi connectivity index (χ1) is 16.4. The Bertz CT molecular complexity index is 1120. The number of ether oxygens (including phenoxy) is 4. The molecule has 2 saturated heterocycles. The van der Waals surface area contributed by atoms with E-state index in [9.17, 15) is 14.7 Å². The molecule has 2 fully saturated rings. The van der Waals surface area contributed by atoms with Crippen molar-refractivity contribution in [3.05, 3.63) is 58.1 Å². The van der Waals surface area contributed by atoms with Crippen LogP contribution >= 0.6 is 11.6 Å². The molecule has 2 aromatic rings. The van der Waals surface area contributed by atoms with Crippen LogP contribution in [0.25, 0.3) is 5.76 Å². The number of aliphatic hydroxyl groups is 1. The Labute approximate surface area is 202 Å². The molecule has 0 spiro atoms. The van der Waals surface area contributed by atoms with Crippen molar-refractivity contribution in [2.24, 2.45) is 0 Å². The van der Waals surface area contributed by atoms with Crippen LogP contribution in [0.15, 0.2) is 42.0 Å². The minimum absolute atomic E-state index is 0.0455. The minimum atomic E-state index is -0.818. The third kappa shape index (κ3) is 4.31. The summed E-state index contributed by atoms with van der Waals surface area (Å²) in [7, 11) is 4.42. The van der Waals surface area contributed by atoms with Crippen molar-refractivity contribution in [2.45, 2.75) is 25.0 Å². The van der Waals surface area contributed by atoms with Crippen molar-refractivity contribution in [2.75, 3.05) is 34.5 Å². The normalized spacial score (nSPS) is 21.7. The molecule has 0 bridgehead atoms. The molecule has 2 aromatic carbocycles. The molecule has 2 unspecified atom stereocenters. The van der Waals surface area contributed by atoms with Crippen LogP contribution in [0.2, 0.25) is 5.02 Å². The van der Waals surface area contributed by atoms with Gasteiger partial charge in [-0.05, 0) is 36.6 Å². The van der Waals surface area contributed by atoms with Crippen molar-refractivity contribution >= 4 is 29.1 Å². The number of benzene rings is 2. The monoisotopic (exact) mass is 487 g/mol. The fourth-order valence-corrected chi connectivity index (χ4v) is 4.63. The summed E-state index contributed by atoms with van der Waals surface area (Å²) in [5.74, 6) is -0.699. The number of carbonyl (C=O) groups is 2. The Hall–Kier alpha value is -3.23. The molecule has 9 heteroatoms. The lowest BCUT2D eigenvalue weighted by atomic mass is 9.94. The lowest BCUT2D eigenvalue weighted by Gasteiger charge is -2.27. The summed E-state index contributed by atoms with van der Waals surface area (Å²) in [6, 6.07) is 9.17. The number of likely N-dealkylation sites (tertiary alicyclic amines) is 1. The van der Waals surface area contributed by atoms with Crippen LogP contribution in [0.4, 0.5) is 0 Å². The lowest BCUT2D eigenvalue weighted by molar-refractivity contribution is -0.140. The Balaban J connectivity index is 1.88. The second kappa shape index (κ2) is 9.95. The fourth-order valence-electron chi connectivity index (χ4n) is 4.40. The van der Waals surface area contributed by atoms with Crippen molar-refractivity contribution in [3.8, 4) is 17.2 Å². The molecule has 0 aromatic heterocycles. The SMILES string of the molecule is COc1ccc(C2/C(=C(\O)c3cc(OC)c(Cl)cc3OC)C(=O)C(=O)N2CC2CCCO2)cc1. The van der Waals surface area contributed by atoms with Gasteiger partial charge in [0, 0.05) is 19.2 Å². The molecule has 8 nitrogen and oxygen atoms in total. The molecular formula is C25H26ClNO7. The van der Waals surface area contributed by atoms with Gasteiger partial charge in [0.15, 0.2) is 0 Å². The number of ketones is 1. The van der Waals surface area contributed by atoms with E-state index >= 15 is 0 Å². The largest absolute Gasteiger partial charge is 0.507 e. The Morgan fingerprint density at radius 2 is 1.79 bits per heavy atom. The highest BCUT2D eigenvalue weighted by molar-refractivity contribution is 6.46. The average Bonchev–Trinajstić information content (AvgIpc) is 3.46. The van der Waals surface area contributed by atoms with E-state index < -0.39 is 17.7 Å². The molecule has 0 saturated carbocycles. The second-order valence-electron chi connectivity index (χ2n) is 8.05. The Kier molecular flexibility index (Phi) is 7.00. The van der Waals surface area contributed by atoms with Crippen LogP contribution in [0, 0.1) is 0 Å². The number of rotatable bonds is 7.